The second-order valence-electron chi connectivity index (χ2n) is 5.29. The third-order valence-electron chi connectivity index (χ3n) is 3.51. The monoisotopic (exact) mass is 271 g/mol. The molecule has 0 saturated carbocycles. The molecule has 0 unspecified atom stereocenters. The Labute approximate surface area is 109 Å². The van der Waals surface area contributed by atoms with E-state index in [0.29, 0.717) is 5.52 Å². The number of fused-ring (bicyclic) bond motifs is 1. The van der Waals surface area contributed by atoms with Gasteiger partial charge in [-0.1, -0.05) is 6.07 Å². The minimum atomic E-state index is -4.37. The number of aromatic nitrogens is 1. The summed E-state index contributed by atoms with van der Waals surface area (Å²) >= 11 is 0. The zero-order chi connectivity index (χ0) is 14.4. The lowest BCUT2D eigenvalue weighted by atomic mass is 10.0. The second kappa shape index (κ2) is 4.27. The van der Waals surface area contributed by atoms with E-state index < -0.39 is 17.3 Å². The predicted octanol–water partition coefficient (Wildman–Crippen LogP) is 3.99. The number of halogens is 3. The molecule has 0 amide bonds. The van der Waals surface area contributed by atoms with E-state index in [0.717, 1.165) is 6.07 Å². The lowest BCUT2D eigenvalue weighted by Gasteiger charge is -2.28. The average molecular weight is 271 g/mol. The van der Waals surface area contributed by atoms with Crippen molar-refractivity contribution >= 4 is 10.9 Å². The molecule has 0 saturated heterocycles. The molecule has 0 fully saturated rings. The van der Waals surface area contributed by atoms with Gasteiger partial charge in [0.2, 0.25) is 0 Å². The van der Waals surface area contributed by atoms with Crippen molar-refractivity contribution in [3.8, 4) is 0 Å². The van der Waals surface area contributed by atoms with Gasteiger partial charge in [-0.05, 0) is 39.0 Å². The van der Waals surface area contributed by atoms with Crippen LogP contribution in [0.5, 0.6) is 0 Å². The van der Waals surface area contributed by atoms with E-state index in [4.69, 9.17) is 0 Å². The summed E-state index contributed by atoms with van der Waals surface area (Å²) in [5.74, 6) is 0. The van der Waals surface area contributed by atoms with Gasteiger partial charge in [-0.2, -0.15) is 13.2 Å². The molecule has 0 aliphatic heterocycles. The van der Waals surface area contributed by atoms with Crippen LogP contribution in [0.1, 0.15) is 32.4 Å². The standard InChI is InChI=1S/C14H16F3NO/c1-9(13(2,3)19)18-8-7-10-11(14(15,16)17)5-4-6-12(10)18/h4-9,19H,1-3H3/t9-/m1/s1. The van der Waals surface area contributed by atoms with Crippen molar-refractivity contribution in [2.24, 2.45) is 0 Å². The topological polar surface area (TPSA) is 25.2 Å². The fourth-order valence-corrected chi connectivity index (χ4v) is 2.11. The number of nitrogens with zero attached hydrogens (tertiary/aromatic N) is 1. The van der Waals surface area contributed by atoms with Crippen LogP contribution in [0.4, 0.5) is 13.2 Å². The molecule has 5 heteroatoms. The van der Waals surface area contributed by atoms with Gasteiger partial charge in [0, 0.05) is 17.1 Å². The van der Waals surface area contributed by atoms with Crippen LogP contribution >= 0.6 is 0 Å². The summed E-state index contributed by atoms with van der Waals surface area (Å²) in [5, 5.41) is 10.2. The number of alkyl halides is 3. The molecule has 1 heterocycles. The van der Waals surface area contributed by atoms with Gasteiger partial charge in [0.1, 0.15) is 0 Å². The SMILES string of the molecule is C[C@@H](n1ccc2c(C(F)(F)F)cccc21)C(C)(C)O. The van der Waals surface area contributed by atoms with E-state index in [1.807, 2.05) is 0 Å². The van der Waals surface area contributed by atoms with E-state index >= 15 is 0 Å². The summed E-state index contributed by atoms with van der Waals surface area (Å²) in [5.41, 5.74) is -1.18. The lowest BCUT2D eigenvalue weighted by molar-refractivity contribution is -0.136. The van der Waals surface area contributed by atoms with Crippen molar-refractivity contribution in [1.29, 1.82) is 0 Å². The first-order valence-corrected chi connectivity index (χ1v) is 6.01. The predicted molar refractivity (Wildman–Crippen MR) is 67.9 cm³/mol. The zero-order valence-corrected chi connectivity index (χ0v) is 11.0. The molecule has 0 aliphatic rings. The maximum atomic E-state index is 12.9. The van der Waals surface area contributed by atoms with Gasteiger partial charge in [-0.3, -0.25) is 0 Å². The van der Waals surface area contributed by atoms with E-state index in [1.165, 1.54) is 12.1 Å². The van der Waals surface area contributed by atoms with Gasteiger partial charge < -0.3 is 9.67 Å². The molecule has 1 aromatic heterocycles. The smallest absolute Gasteiger partial charge is 0.388 e. The number of hydrogen-bond donors (Lipinski definition) is 1. The molecule has 1 atom stereocenters. The zero-order valence-electron chi connectivity index (χ0n) is 11.0. The molecule has 0 aliphatic carbocycles. The molecule has 2 nitrogen and oxygen atoms in total. The lowest BCUT2D eigenvalue weighted by Crippen LogP contribution is -2.30. The highest BCUT2D eigenvalue weighted by atomic mass is 19.4. The molecule has 1 N–H and O–H groups in total. The van der Waals surface area contributed by atoms with Crippen LogP contribution in [0.3, 0.4) is 0 Å². The molecular formula is C14H16F3NO. The minimum absolute atomic E-state index is 0.158. The van der Waals surface area contributed by atoms with Gasteiger partial charge in [0.25, 0.3) is 0 Å². The van der Waals surface area contributed by atoms with Gasteiger partial charge in [0.15, 0.2) is 0 Å². The summed E-state index contributed by atoms with van der Waals surface area (Å²) < 4.78 is 40.4. The Bertz CT molecular complexity index is 593. The first-order valence-electron chi connectivity index (χ1n) is 6.01. The molecule has 2 aromatic rings. The second-order valence-corrected chi connectivity index (χ2v) is 5.29. The summed E-state index contributed by atoms with van der Waals surface area (Å²) in [7, 11) is 0. The maximum absolute atomic E-state index is 12.9. The summed E-state index contributed by atoms with van der Waals surface area (Å²) in [4.78, 5) is 0. The highest BCUT2D eigenvalue weighted by molar-refractivity contribution is 5.84. The Morgan fingerprint density at radius 3 is 2.32 bits per heavy atom. The number of rotatable bonds is 2. The van der Waals surface area contributed by atoms with Gasteiger partial charge in [-0.25, -0.2) is 0 Å². The van der Waals surface area contributed by atoms with Crippen molar-refractivity contribution in [2.75, 3.05) is 0 Å². The number of hydrogen-bond acceptors (Lipinski definition) is 1. The number of aliphatic hydroxyl groups is 1. The summed E-state index contributed by atoms with van der Waals surface area (Å²) in [6.45, 7) is 5.05. The molecule has 1 aromatic carbocycles. The normalized spacial score (nSPS) is 14.9. The Morgan fingerprint density at radius 2 is 1.79 bits per heavy atom. The van der Waals surface area contributed by atoms with Crippen molar-refractivity contribution in [1.82, 2.24) is 4.57 Å². The van der Waals surface area contributed by atoms with E-state index in [2.05, 4.69) is 0 Å². The van der Waals surface area contributed by atoms with Gasteiger partial charge in [-0.15, -0.1) is 0 Å². The van der Waals surface area contributed by atoms with E-state index in [-0.39, 0.29) is 11.4 Å². The third kappa shape index (κ3) is 2.47. The van der Waals surface area contributed by atoms with Crippen LogP contribution in [0.15, 0.2) is 30.5 Å². The molecule has 2 rings (SSSR count). The minimum Gasteiger partial charge on any atom is -0.388 e. The molecule has 0 radical (unpaired) electrons. The van der Waals surface area contributed by atoms with Gasteiger partial charge in [0.05, 0.1) is 17.2 Å². The van der Waals surface area contributed by atoms with Crippen LogP contribution in [0.2, 0.25) is 0 Å². The van der Waals surface area contributed by atoms with Crippen molar-refractivity contribution in [2.45, 2.75) is 38.6 Å². The Hall–Kier alpha value is -1.49. The molecule has 0 bridgehead atoms. The quantitative estimate of drug-likeness (QED) is 0.877. The van der Waals surface area contributed by atoms with Crippen molar-refractivity contribution in [3.05, 3.63) is 36.0 Å². The highest BCUT2D eigenvalue weighted by Crippen LogP contribution is 2.36. The molecule has 19 heavy (non-hydrogen) atoms. The van der Waals surface area contributed by atoms with Crippen LogP contribution in [0, 0.1) is 0 Å². The molecular weight excluding hydrogens is 255 g/mol. The van der Waals surface area contributed by atoms with E-state index in [9.17, 15) is 18.3 Å². The fourth-order valence-electron chi connectivity index (χ4n) is 2.11. The summed E-state index contributed by atoms with van der Waals surface area (Å²) in [6, 6.07) is 5.21. The molecule has 104 valence electrons. The average Bonchev–Trinajstić information content (AvgIpc) is 2.68. The van der Waals surface area contributed by atoms with Crippen LogP contribution in [-0.2, 0) is 6.18 Å². The third-order valence-corrected chi connectivity index (χ3v) is 3.51. The van der Waals surface area contributed by atoms with Crippen LogP contribution in [0.25, 0.3) is 10.9 Å². The Kier molecular flexibility index (Phi) is 3.13. The summed E-state index contributed by atoms with van der Waals surface area (Å²) in [6.07, 6.45) is -2.79. The highest BCUT2D eigenvalue weighted by Gasteiger charge is 2.33. The van der Waals surface area contributed by atoms with Crippen molar-refractivity contribution in [3.63, 3.8) is 0 Å². The first-order chi connectivity index (χ1) is 8.62. The fraction of sp³-hybridized carbons (Fsp3) is 0.429. The van der Waals surface area contributed by atoms with Crippen molar-refractivity contribution < 1.29 is 18.3 Å². The largest absolute Gasteiger partial charge is 0.417 e. The van der Waals surface area contributed by atoms with Gasteiger partial charge >= 0.3 is 6.18 Å². The molecule has 0 spiro atoms. The van der Waals surface area contributed by atoms with Crippen LogP contribution < -0.4 is 0 Å². The van der Waals surface area contributed by atoms with Crippen LogP contribution in [-0.4, -0.2) is 15.3 Å². The number of benzene rings is 1. The Morgan fingerprint density at radius 1 is 1.16 bits per heavy atom. The van der Waals surface area contributed by atoms with E-state index in [1.54, 1.807) is 37.6 Å². The Balaban J connectivity index is 2.63. The first kappa shape index (κ1) is 13.9. The maximum Gasteiger partial charge on any atom is 0.417 e.